The van der Waals surface area contributed by atoms with Gasteiger partial charge >= 0.3 is 19.5 Å². The molecule has 0 nitrogen and oxygen atoms in total. The van der Waals surface area contributed by atoms with Crippen LogP contribution in [0.25, 0.3) is 0 Å². The van der Waals surface area contributed by atoms with Crippen molar-refractivity contribution >= 4 is 0 Å². The van der Waals surface area contributed by atoms with Crippen molar-refractivity contribution in [2.24, 2.45) is 10.8 Å². The molecule has 0 amide bonds. The quantitative estimate of drug-likeness (QED) is 0.339. The van der Waals surface area contributed by atoms with E-state index in [9.17, 15) is 0 Å². The van der Waals surface area contributed by atoms with Crippen molar-refractivity contribution < 1.29 is 19.5 Å². The zero-order valence-electron chi connectivity index (χ0n) is 18.5. The van der Waals surface area contributed by atoms with Gasteiger partial charge in [0.05, 0.1) is 0 Å². The SMILES string of the molecule is CCCC1=[C-]C(C)(C)C(C)=C1C.CCCC1=[C-]C(C)(C)C(C)=C1C.[Zn+2]. The molecule has 0 atom stereocenters. The van der Waals surface area contributed by atoms with Gasteiger partial charge in [0, 0.05) is 0 Å². The molecule has 0 N–H and O–H groups in total. The maximum Gasteiger partial charge on any atom is 2.00 e. The second-order valence-corrected chi connectivity index (χ2v) is 8.46. The van der Waals surface area contributed by atoms with E-state index in [1.165, 1.54) is 59.1 Å². The third-order valence-electron chi connectivity index (χ3n) is 5.83. The molecule has 0 bridgehead atoms. The number of hydrogen-bond donors (Lipinski definition) is 0. The molecule has 0 spiro atoms. The molecule has 1 heteroatoms. The third-order valence-corrected chi connectivity index (χ3v) is 5.83. The summed E-state index contributed by atoms with van der Waals surface area (Å²) in [4.78, 5) is 0. The molecule has 25 heavy (non-hydrogen) atoms. The fourth-order valence-corrected chi connectivity index (χ4v) is 3.52. The number of hydrogen-bond acceptors (Lipinski definition) is 0. The molecule has 0 radical (unpaired) electrons. The summed E-state index contributed by atoms with van der Waals surface area (Å²) in [6, 6.07) is 0. The van der Waals surface area contributed by atoms with Crippen LogP contribution >= 0.6 is 0 Å². The van der Waals surface area contributed by atoms with Crippen molar-refractivity contribution in [1.82, 2.24) is 0 Å². The second kappa shape index (κ2) is 9.50. The molecular weight excluding hydrogens is 354 g/mol. The topological polar surface area (TPSA) is 0 Å². The van der Waals surface area contributed by atoms with Gasteiger partial charge in [-0.05, 0) is 0 Å². The van der Waals surface area contributed by atoms with E-state index in [0.717, 1.165) is 0 Å². The van der Waals surface area contributed by atoms with Crippen molar-refractivity contribution in [1.29, 1.82) is 0 Å². The van der Waals surface area contributed by atoms with E-state index in [1.54, 1.807) is 0 Å². The zero-order chi connectivity index (χ0) is 18.7. The predicted octanol–water partition coefficient (Wildman–Crippen LogP) is 7.78. The average Bonchev–Trinajstić information content (AvgIpc) is 2.80. The fraction of sp³-hybridized carbons (Fsp3) is 0.667. The Hall–Kier alpha value is -0.417. The molecular formula is C24H38Zn. The molecule has 0 aromatic heterocycles. The Morgan fingerprint density at radius 2 is 0.920 bits per heavy atom. The van der Waals surface area contributed by atoms with Crippen LogP contribution in [0.3, 0.4) is 0 Å². The summed E-state index contributed by atoms with van der Waals surface area (Å²) in [6.45, 7) is 22.3. The van der Waals surface area contributed by atoms with Gasteiger partial charge in [-0.25, -0.2) is 11.1 Å². The zero-order valence-corrected chi connectivity index (χ0v) is 21.5. The minimum Gasteiger partial charge on any atom is -0.263 e. The fourth-order valence-electron chi connectivity index (χ4n) is 3.52. The normalized spacial score (nSPS) is 20.7. The van der Waals surface area contributed by atoms with Gasteiger partial charge in [0.15, 0.2) is 0 Å². The first-order valence-corrected chi connectivity index (χ1v) is 9.62. The Labute approximate surface area is 170 Å². The first kappa shape index (κ1) is 24.6. The van der Waals surface area contributed by atoms with E-state index < -0.39 is 0 Å². The molecule has 0 unspecified atom stereocenters. The minimum atomic E-state index is 0. The van der Waals surface area contributed by atoms with Crippen LogP contribution in [0, 0.1) is 23.0 Å². The largest absolute Gasteiger partial charge is 2.00 e. The molecule has 2 rings (SSSR count). The minimum absolute atomic E-state index is 0. The second-order valence-electron chi connectivity index (χ2n) is 8.46. The van der Waals surface area contributed by atoms with Crippen molar-refractivity contribution in [3.05, 3.63) is 45.6 Å². The van der Waals surface area contributed by atoms with Crippen molar-refractivity contribution in [3.8, 4) is 0 Å². The molecule has 0 heterocycles. The summed E-state index contributed by atoms with van der Waals surface area (Å²) in [7, 11) is 0. The first-order chi connectivity index (χ1) is 11.0. The van der Waals surface area contributed by atoms with E-state index in [2.05, 4.69) is 81.4 Å². The monoisotopic (exact) mass is 390 g/mol. The van der Waals surface area contributed by atoms with E-state index in [-0.39, 0.29) is 30.3 Å². The van der Waals surface area contributed by atoms with Gasteiger partial charge in [0.25, 0.3) is 0 Å². The van der Waals surface area contributed by atoms with Gasteiger partial charge in [-0.2, -0.15) is 22.3 Å². The Balaban J connectivity index is 0.000000443. The molecule has 0 saturated heterocycles. The van der Waals surface area contributed by atoms with E-state index >= 15 is 0 Å². The molecule has 0 aliphatic heterocycles. The summed E-state index contributed by atoms with van der Waals surface area (Å²) >= 11 is 0. The van der Waals surface area contributed by atoms with E-state index in [0.29, 0.717) is 0 Å². The van der Waals surface area contributed by atoms with Gasteiger partial charge < -0.3 is 0 Å². The van der Waals surface area contributed by atoms with E-state index in [4.69, 9.17) is 0 Å². The number of allylic oxidation sites excluding steroid dienone is 8. The Bertz CT molecular complexity index is 538. The molecule has 2 aliphatic carbocycles. The molecule has 0 aromatic rings. The first-order valence-electron chi connectivity index (χ1n) is 9.62. The molecule has 0 fully saturated rings. The molecule has 0 aromatic carbocycles. The maximum atomic E-state index is 3.57. The van der Waals surface area contributed by atoms with Crippen LogP contribution in [0.4, 0.5) is 0 Å². The van der Waals surface area contributed by atoms with Crippen molar-refractivity contribution in [2.75, 3.05) is 0 Å². The van der Waals surface area contributed by atoms with Crippen LogP contribution in [0.2, 0.25) is 0 Å². The van der Waals surface area contributed by atoms with Gasteiger partial charge in [-0.1, -0.05) is 91.9 Å². The van der Waals surface area contributed by atoms with Crippen LogP contribution in [-0.2, 0) is 19.5 Å². The van der Waals surface area contributed by atoms with Gasteiger partial charge in [-0.15, -0.1) is 13.8 Å². The van der Waals surface area contributed by atoms with Crippen LogP contribution in [0.5, 0.6) is 0 Å². The van der Waals surface area contributed by atoms with Crippen molar-refractivity contribution in [2.45, 2.75) is 94.9 Å². The van der Waals surface area contributed by atoms with Gasteiger partial charge in [0.2, 0.25) is 0 Å². The number of rotatable bonds is 4. The van der Waals surface area contributed by atoms with Gasteiger partial charge in [-0.3, -0.25) is 12.2 Å². The molecule has 136 valence electrons. The summed E-state index contributed by atoms with van der Waals surface area (Å²) in [5.74, 6) is 0. The standard InChI is InChI=1S/2C12H19.Zn/c2*1-6-7-11-8-12(4,5)10(3)9(11)2;/h2*6-7H2,1-5H3;/q2*-1;+2. The van der Waals surface area contributed by atoms with Gasteiger partial charge in [0.1, 0.15) is 0 Å². The van der Waals surface area contributed by atoms with Crippen LogP contribution in [0.15, 0.2) is 33.4 Å². The maximum absolute atomic E-state index is 3.57. The summed E-state index contributed by atoms with van der Waals surface area (Å²) in [6.07, 6.45) is 12.0. The average molecular weight is 392 g/mol. The Morgan fingerprint density at radius 3 is 1.08 bits per heavy atom. The van der Waals surface area contributed by atoms with Crippen LogP contribution < -0.4 is 0 Å². The Kier molecular flexibility index (Phi) is 9.34. The summed E-state index contributed by atoms with van der Waals surface area (Å²) in [5, 5.41) is 0. The molecule has 0 saturated carbocycles. The summed E-state index contributed by atoms with van der Waals surface area (Å²) in [5.41, 5.74) is 9.20. The smallest absolute Gasteiger partial charge is 0.263 e. The van der Waals surface area contributed by atoms with Crippen molar-refractivity contribution in [3.63, 3.8) is 0 Å². The third kappa shape index (κ3) is 5.78. The van der Waals surface area contributed by atoms with Crippen LogP contribution in [0.1, 0.15) is 94.9 Å². The van der Waals surface area contributed by atoms with E-state index in [1.807, 2.05) is 0 Å². The predicted molar refractivity (Wildman–Crippen MR) is 108 cm³/mol. The molecule has 2 aliphatic rings. The Morgan fingerprint density at radius 1 is 0.640 bits per heavy atom. The summed E-state index contributed by atoms with van der Waals surface area (Å²) < 4.78 is 0. The van der Waals surface area contributed by atoms with Crippen LogP contribution in [-0.4, -0.2) is 0 Å².